The molecule has 0 radical (unpaired) electrons. The highest BCUT2D eigenvalue weighted by Crippen LogP contribution is 2.09. The summed E-state index contributed by atoms with van der Waals surface area (Å²) in [5.74, 6) is 2.22. The third kappa shape index (κ3) is 4.01. The first-order valence-corrected chi connectivity index (χ1v) is 6.45. The molecule has 0 bridgehead atoms. The Kier molecular flexibility index (Phi) is 5.61. The van der Waals surface area contributed by atoms with Crippen LogP contribution < -0.4 is 5.73 Å². The fourth-order valence-electron chi connectivity index (χ4n) is 1.52. The smallest absolute Gasteiger partial charge is 0.228 e. The number of rotatable bonds is 6. The average Bonchev–Trinajstić information content (AvgIpc) is 2.79. The molecule has 0 fully saturated rings. The second-order valence-corrected chi connectivity index (χ2v) is 4.36. The van der Waals surface area contributed by atoms with Crippen LogP contribution in [0, 0.1) is 0 Å². The minimum Gasteiger partial charge on any atom is -0.370 e. The molecule has 0 unspecified atom stereocenters. The van der Waals surface area contributed by atoms with Crippen molar-refractivity contribution < 1.29 is 4.52 Å². The highest BCUT2D eigenvalue weighted by Gasteiger charge is 2.09. The molecule has 1 aromatic heterocycles. The van der Waals surface area contributed by atoms with E-state index in [2.05, 4.69) is 29.0 Å². The monoisotopic (exact) mass is 253 g/mol. The Morgan fingerprint density at radius 2 is 2.06 bits per heavy atom. The lowest BCUT2D eigenvalue weighted by Gasteiger charge is -2.19. The molecular weight excluding hydrogens is 230 g/mol. The maximum absolute atomic E-state index is 5.87. The largest absolute Gasteiger partial charge is 0.370 e. The normalized spacial score (nSPS) is 12.2. The van der Waals surface area contributed by atoms with E-state index in [0.29, 0.717) is 24.8 Å². The Morgan fingerprint density at radius 3 is 2.56 bits per heavy atom. The quantitative estimate of drug-likeness (QED) is 0.612. The highest BCUT2D eigenvalue weighted by molar-refractivity contribution is 5.77. The summed E-state index contributed by atoms with van der Waals surface area (Å²) in [6, 6.07) is 0. The molecule has 6 nitrogen and oxygen atoms in total. The van der Waals surface area contributed by atoms with Crippen LogP contribution in [0.15, 0.2) is 9.52 Å². The van der Waals surface area contributed by atoms with E-state index >= 15 is 0 Å². The van der Waals surface area contributed by atoms with Gasteiger partial charge in [-0.05, 0) is 13.8 Å². The van der Waals surface area contributed by atoms with Gasteiger partial charge in [0.05, 0.1) is 6.54 Å². The Morgan fingerprint density at radius 1 is 1.39 bits per heavy atom. The van der Waals surface area contributed by atoms with E-state index in [1.807, 2.05) is 18.7 Å². The molecule has 0 saturated carbocycles. The molecule has 0 aromatic carbocycles. The Labute approximate surface area is 108 Å². The van der Waals surface area contributed by atoms with E-state index in [0.717, 1.165) is 18.9 Å². The molecule has 1 aromatic rings. The second-order valence-electron chi connectivity index (χ2n) is 4.36. The van der Waals surface area contributed by atoms with Crippen molar-refractivity contribution in [3.63, 3.8) is 0 Å². The van der Waals surface area contributed by atoms with E-state index in [1.54, 1.807) is 0 Å². The molecule has 0 atom stereocenters. The van der Waals surface area contributed by atoms with Crippen LogP contribution >= 0.6 is 0 Å². The van der Waals surface area contributed by atoms with Gasteiger partial charge in [0.25, 0.3) is 0 Å². The van der Waals surface area contributed by atoms with E-state index in [4.69, 9.17) is 10.3 Å². The van der Waals surface area contributed by atoms with Crippen molar-refractivity contribution in [3.05, 3.63) is 11.7 Å². The van der Waals surface area contributed by atoms with Crippen molar-refractivity contribution >= 4 is 5.96 Å². The number of hydrogen-bond donors (Lipinski definition) is 1. The molecule has 0 aliphatic carbocycles. The Bertz CT molecular complexity index is 382. The first-order valence-electron chi connectivity index (χ1n) is 6.45. The third-order valence-corrected chi connectivity index (χ3v) is 2.69. The summed E-state index contributed by atoms with van der Waals surface area (Å²) in [4.78, 5) is 10.6. The predicted molar refractivity (Wildman–Crippen MR) is 71.5 cm³/mol. The molecule has 102 valence electrons. The average molecular weight is 253 g/mol. The number of aliphatic imine (C=N–C) groups is 1. The van der Waals surface area contributed by atoms with E-state index in [1.165, 1.54) is 0 Å². The summed E-state index contributed by atoms with van der Waals surface area (Å²) in [6.45, 7) is 10.5. The van der Waals surface area contributed by atoms with Gasteiger partial charge in [-0.2, -0.15) is 4.98 Å². The van der Waals surface area contributed by atoms with Crippen molar-refractivity contribution in [1.29, 1.82) is 0 Å². The Balaban J connectivity index is 2.47. The van der Waals surface area contributed by atoms with Crippen LogP contribution in [0.2, 0.25) is 0 Å². The predicted octanol–water partition coefficient (Wildman–Crippen LogP) is 1.39. The van der Waals surface area contributed by atoms with E-state index < -0.39 is 0 Å². The number of nitrogens with zero attached hydrogens (tertiary/aromatic N) is 4. The molecule has 18 heavy (non-hydrogen) atoms. The molecule has 0 aliphatic heterocycles. The first kappa shape index (κ1) is 14.5. The van der Waals surface area contributed by atoms with Crippen LogP contribution in [0.5, 0.6) is 0 Å². The molecule has 0 amide bonds. The van der Waals surface area contributed by atoms with Gasteiger partial charge in [-0.1, -0.05) is 19.0 Å². The van der Waals surface area contributed by atoms with Gasteiger partial charge in [-0.15, -0.1) is 0 Å². The molecule has 1 rings (SSSR count). The van der Waals surface area contributed by atoms with Gasteiger partial charge in [0.2, 0.25) is 5.89 Å². The van der Waals surface area contributed by atoms with Gasteiger partial charge in [0, 0.05) is 25.4 Å². The zero-order valence-electron chi connectivity index (χ0n) is 11.7. The fourth-order valence-corrected chi connectivity index (χ4v) is 1.52. The van der Waals surface area contributed by atoms with Crippen molar-refractivity contribution in [1.82, 2.24) is 15.0 Å². The van der Waals surface area contributed by atoms with Gasteiger partial charge in [0.1, 0.15) is 0 Å². The van der Waals surface area contributed by atoms with Gasteiger partial charge >= 0.3 is 0 Å². The van der Waals surface area contributed by atoms with Gasteiger partial charge in [0.15, 0.2) is 11.8 Å². The van der Waals surface area contributed by atoms with Gasteiger partial charge in [-0.3, -0.25) is 4.99 Å². The van der Waals surface area contributed by atoms with Crippen LogP contribution in [0.4, 0.5) is 0 Å². The standard InChI is InChI=1S/C12H23N5O/c1-5-17(6-2)12(13)14-8-7-10-15-11(9(3)4)16-18-10/h9H,5-8H2,1-4H3,(H2,13,14). The SMILES string of the molecule is CCN(CC)C(N)=NCCc1nc(C(C)C)no1. The van der Waals surface area contributed by atoms with Crippen LogP contribution in [-0.2, 0) is 6.42 Å². The van der Waals surface area contributed by atoms with Crippen molar-refractivity contribution in [3.8, 4) is 0 Å². The molecule has 1 heterocycles. The van der Waals surface area contributed by atoms with Gasteiger partial charge < -0.3 is 15.2 Å². The molecule has 0 aliphatic rings. The first-order chi connectivity index (χ1) is 8.58. The molecular formula is C12H23N5O. The maximum Gasteiger partial charge on any atom is 0.228 e. The molecule has 0 saturated heterocycles. The highest BCUT2D eigenvalue weighted by atomic mass is 16.5. The van der Waals surface area contributed by atoms with Crippen molar-refractivity contribution in [2.75, 3.05) is 19.6 Å². The zero-order chi connectivity index (χ0) is 13.5. The van der Waals surface area contributed by atoms with Gasteiger partial charge in [-0.25, -0.2) is 0 Å². The summed E-state index contributed by atoms with van der Waals surface area (Å²) in [5.41, 5.74) is 5.87. The topological polar surface area (TPSA) is 80.5 Å². The zero-order valence-corrected chi connectivity index (χ0v) is 11.7. The lowest BCUT2D eigenvalue weighted by molar-refractivity contribution is 0.372. The third-order valence-electron chi connectivity index (χ3n) is 2.69. The summed E-state index contributed by atoms with van der Waals surface area (Å²) < 4.78 is 5.14. The maximum atomic E-state index is 5.87. The minimum absolute atomic E-state index is 0.284. The molecule has 2 N–H and O–H groups in total. The lowest BCUT2D eigenvalue weighted by atomic mass is 10.2. The van der Waals surface area contributed by atoms with Crippen LogP contribution in [0.25, 0.3) is 0 Å². The summed E-state index contributed by atoms with van der Waals surface area (Å²) in [6.07, 6.45) is 0.627. The minimum atomic E-state index is 0.284. The molecule has 6 heteroatoms. The van der Waals surface area contributed by atoms with Crippen molar-refractivity contribution in [2.24, 2.45) is 10.7 Å². The second kappa shape index (κ2) is 6.98. The number of nitrogens with two attached hydrogens (primary N) is 1. The van der Waals surface area contributed by atoms with E-state index in [9.17, 15) is 0 Å². The van der Waals surface area contributed by atoms with Crippen molar-refractivity contribution in [2.45, 2.75) is 40.0 Å². The number of guanidine groups is 1. The van der Waals surface area contributed by atoms with E-state index in [-0.39, 0.29) is 5.92 Å². The Hall–Kier alpha value is -1.59. The summed E-state index contributed by atoms with van der Waals surface area (Å²) >= 11 is 0. The fraction of sp³-hybridized carbons (Fsp3) is 0.750. The number of hydrogen-bond acceptors (Lipinski definition) is 4. The molecule has 0 spiro atoms. The van der Waals surface area contributed by atoms with Crippen LogP contribution in [0.3, 0.4) is 0 Å². The van der Waals surface area contributed by atoms with Crippen LogP contribution in [-0.4, -0.2) is 40.6 Å². The lowest BCUT2D eigenvalue weighted by Crippen LogP contribution is -2.37. The van der Waals surface area contributed by atoms with Crippen LogP contribution in [0.1, 0.15) is 45.3 Å². The summed E-state index contributed by atoms with van der Waals surface area (Å²) in [5, 5.41) is 3.90. The summed E-state index contributed by atoms with van der Waals surface area (Å²) in [7, 11) is 0. The number of aromatic nitrogens is 2.